The number of hydrogen-bond donors (Lipinski definition) is 2. The van der Waals surface area contributed by atoms with Gasteiger partial charge in [0, 0.05) is 11.6 Å². The average Bonchev–Trinajstić information content (AvgIpc) is 2.42. The molecule has 0 aliphatic heterocycles. The molecule has 1 aromatic rings. The molecule has 104 valence electrons. The molecule has 0 aromatic heterocycles. The fourth-order valence-corrected chi connectivity index (χ4v) is 2.13. The minimum absolute atomic E-state index is 0.0236. The van der Waals surface area contributed by atoms with Crippen LogP contribution >= 0.6 is 23.2 Å². The molecule has 0 fully saturated rings. The van der Waals surface area contributed by atoms with E-state index in [0.717, 1.165) is 10.8 Å². The van der Waals surface area contributed by atoms with Crippen LogP contribution in [0.1, 0.15) is 15.9 Å². The molecular formula is C13H11Cl2FN3O+. The van der Waals surface area contributed by atoms with E-state index < -0.39 is 0 Å². The highest BCUT2D eigenvalue weighted by Crippen LogP contribution is 2.27. The molecule has 1 rings (SSSR count). The summed E-state index contributed by atoms with van der Waals surface area (Å²) in [6.45, 7) is 3.44. The van der Waals surface area contributed by atoms with E-state index in [1.807, 2.05) is 0 Å². The van der Waals surface area contributed by atoms with Gasteiger partial charge in [0.1, 0.15) is 12.6 Å². The maximum Gasteiger partial charge on any atom is 0.269 e. The fraction of sp³-hybridized carbons (Fsp3) is 0. The Bertz CT molecular complexity index is 615. The molecule has 0 radical (unpaired) electrons. The molecular weight excluding hydrogens is 304 g/mol. The first-order valence-electron chi connectivity index (χ1n) is 5.30. The second-order valence-electron chi connectivity index (χ2n) is 3.60. The second kappa shape index (κ2) is 6.98. The van der Waals surface area contributed by atoms with Gasteiger partial charge in [-0.3, -0.25) is 4.79 Å². The molecule has 0 heterocycles. The summed E-state index contributed by atoms with van der Waals surface area (Å²) in [7, 11) is 0. The number of nitrogens with one attached hydrogen (secondary N) is 1. The van der Waals surface area contributed by atoms with Gasteiger partial charge in [0.15, 0.2) is 0 Å². The van der Waals surface area contributed by atoms with Gasteiger partial charge >= 0.3 is 0 Å². The van der Waals surface area contributed by atoms with Crippen molar-refractivity contribution >= 4 is 41.2 Å². The number of halogens is 3. The van der Waals surface area contributed by atoms with Crippen molar-refractivity contribution in [1.82, 2.24) is 0 Å². The van der Waals surface area contributed by atoms with Crippen LogP contribution in [0, 0.1) is 5.41 Å². The number of benzene rings is 1. The van der Waals surface area contributed by atoms with E-state index in [4.69, 9.17) is 34.3 Å². The molecule has 0 atom stereocenters. The second-order valence-corrected chi connectivity index (χ2v) is 4.41. The molecule has 0 unspecified atom stereocenters. The SMILES string of the molecule is C=CC(N)=[N+](/C=C/F)C(=N)c1c(Cl)cc(C=O)cc1Cl. The van der Waals surface area contributed by atoms with Crippen molar-refractivity contribution in [2.75, 3.05) is 0 Å². The van der Waals surface area contributed by atoms with Gasteiger partial charge in [0.05, 0.1) is 21.8 Å². The number of nitrogens with two attached hydrogens (primary N) is 1. The van der Waals surface area contributed by atoms with Crippen LogP contribution in [-0.2, 0) is 0 Å². The predicted molar refractivity (Wildman–Crippen MR) is 78.6 cm³/mol. The van der Waals surface area contributed by atoms with E-state index in [0.29, 0.717) is 6.29 Å². The smallest absolute Gasteiger partial charge is 0.269 e. The summed E-state index contributed by atoms with van der Waals surface area (Å²) < 4.78 is 13.4. The normalized spacial score (nSPS) is 12.2. The zero-order valence-electron chi connectivity index (χ0n) is 10.2. The van der Waals surface area contributed by atoms with Gasteiger partial charge in [-0.25, -0.2) is 8.97 Å². The fourth-order valence-electron chi connectivity index (χ4n) is 1.45. The number of aldehydes is 1. The topological polar surface area (TPSA) is 70.0 Å². The largest absolute Gasteiger partial charge is 0.318 e. The molecule has 4 nitrogen and oxygen atoms in total. The van der Waals surface area contributed by atoms with Crippen molar-refractivity contribution in [3.05, 3.63) is 58.5 Å². The number of carbonyl (C=O) groups is 1. The van der Waals surface area contributed by atoms with Gasteiger partial charge < -0.3 is 5.73 Å². The van der Waals surface area contributed by atoms with Crippen LogP contribution < -0.4 is 5.73 Å². The molecule has 3 N–H and O–H groups in total. The molecule has 20 heavy (non-hydrogen) atoms. The minimum atomic E-state index is -0.247. The van der Waals surface area contributed by atoms with Crippen molar-refractivity contribution in [2.24, 2.45) is 5.73 Å². The lowest BCUT2D eigenvalue weighted by Crippen LogP contribution is -2.28. The van der Waals surface area contributed by atoms with E-state index in [2.05, 4.69) is 6.58 Å². The van der Waals surface area contributed by atoms with E-state index >= 15 is 0 Å². The minimum Gasteiger partial charge on any atom is -0.318 e. The molecule has 7 heteroatoms. The first kappa shape index (κ1) is 16.1. The summed E-state index contributed by atoms with van der Waals surface area (Å²) in [5, 5.41) is 8.20. The summed E-state index contributed by atoms with van der Waals surface area (Å²) in [4.78, 5) is 10.7. The Morgan fingerprint density at radius 1 is 1.40 bits per heavy atom. The van der Waals surface area contributed by atoms with Crippen LogP contribution in [0.4, 0.5) is 4.39 Å². The first-order valence-corrected chi connectivity index (χ1v) is 6.06. The lowest BCUT2D eigenvalue weighted by molar-refractivity contribution is -0.326. The Morgan fingerprint density at radius 3 is 2.35 bits per heavy atom. The number of nitrogens with zero attached hydrogens (tertiary/aromatic N) is 1. The highest BCUT2D eigenvalue weighted by atomic mass is 35.5. The lowest BCUT2D eigenvalue weighted by Gasteiger charge is -2.09. The Labute approximate surface area is 125 Å². The van der Waals surface area contributed by atoms with Crippen molar-refractivity contribution in [2.45, 2.75) is 0 Å². The van der Waals surface area contributed by atoms with Crippen LogP contribution in [-0.4, -0.2) is 22.5 Å². The summed E-state index contributed by atoms with van der Waals surface area (Å²) in [5.41, 5.74) is 6.02. The number of carbonyl (C=O) groups excluding carboxylic acids is 1. The maximum absolute atomic E-state index is 12.4. The highest BCUT2D eigenvalue weighted by molar-refractivity contribution is 6.39. The van der Waals surface area contributed by atoms with Gasteiger partial charge in [0.2, 0.25) is 5.84 Å². The Morgan fingerprint density at radius 2 is 1.95 bits per heavy atom. The molecule has 1 aromatic carbocycles. The summed E-state index contributed by atoms with van der Waals surface area (Å²) in [6.07, 6.45) is 2.97. The zero-order valence-corrected chi connectivity index (χ0v) is 11.7. The lowest BCUT2D eigenvalue weighted by atomic mass is 10.1. The number of amidine groups is 2. The van der Waals surface area contributed by atoms with Gasteiger partial charge in [-0.2, -0.15) is 5.41 Å². The van der Waals surface area contributed by atoms with Crippen LogP contribution in [0.5, 0.6) is 0 Å². The van der Waals surface area contributed by atoms with Crippen molar-refractivity contribution in [3.8, 4) is 0 Å². The van der Waals surface area contributed by atoms with Crippen molar-refractivity contribution in [1.29, 1.82) is 5.41 Å². The van der Waals surface area contributed by atoms with E-state index in [1.165, 1.54) is 18.2 Å². The number of hydrogen-bond acceptors (Lipinski definition) is 2. The van der Waals surface area contributed by atoms with Gasteiger partial charge in [0.25, 0.3) is 5.84 Å². The third-order valence-corrected chi connectivity index (χ3v) is 2.97. The molecule has 0 amide bonds. The van der Waals surface area contributed by atoms with Crippen LogP contribution in [0.15, 0.2) is 37.3 Å². The number of rotatable bonds is 4. The van der Waals surface area contributed by atoms with Gasteiger partial charge in [-0.1, -0.05) is 29.8 Å². The van der Waals surface area contributed by atoms with Gasteiger partial charge in [-0.15, -0.1) is 0 Å². The Kier molecular flexibility index (Phi) is 5.61. The van der Waals surface area contributed by atoms with Crippen molar-refractivity contribution in [3.63, 3.8) is 0 Å². The average molecular weight is 315 g/mol. The van der Waals surface area contributed by atoms with Crippen LogP contribution in [0.3, 0.4) is 0 Å². The molecule has 0 aliphatic rings. The van der Waals surface area contributed by atoms with E-state index in [9.17, 15) is 9.18 Å². The predicted octanol–water partition coefficient (Wildman–Crippen LogP) is 3.13. The Hall–Kier alpha value is -1.98. The molecule has 0 saturated heterocycles. The first-order chi connectivity index (χ1) is 9.46. The van der Waals surface area contributed by atoms with E-state index in [-0.39, 0.29) is 39.2 Å². The summed E-state index contributed by atoms with van der Waals surface area (Å²) >= 11 is 12.0. The van der Waals surface area contributed by atoms with E-state index in [1.54, 1.807) is 0 Å². The van der Waals surface area contributed by atoms with Gasteiger partial charge in [-0.05, 0) is 12.1 Å². The third-order valence-electron chi connectivity index (χ3n) is 2.37. The zero-order chi connectivity index (χ0) is 15.3. The quantitative estimate of drug-likeness (QED) is 0.388. The Balaban J connectivity index is 3.48. The van der Waals surface area contributed by atoms with Crippen molar-refractivity contribution < 1.29 is 13.8 Å². The molecule has 0 bridgehead atoms. The maximum atomic E-state index is 12.4. The van der Waals surface area contributed by atoms with Crippen LogP contribution in [0.25, 0.3) is 0 Å². The van der Waals surface area contributed by atoms with Crippen LogP contribution in [0.2, 0.25) is 10.0 Å². The summed E-state index contributed by atoms with van der Waals surface area (Å²) in [5.74, 6) is -0.223. The molecule has 0 spiro atoms. The monoisotopic (exact) mass is 314 g/mol. The highest BCUT2D eigenvalue weighted by Gasteiger charge is 2.20. The summed E-state index contributed by atoms with van der Waals surface area (Å²) in [6, 6.07) is 2.71. The molecule has 0 aliphatic carbocycles. The third kappa shape index (κ3) is 3.31. The standard InChI is InChI=1S/C13H10Cl2FN3O/c1-2-11(17)19(4-3-16)13(18)12-9(14)5-8(7-20)6-10(12)15/h2-7,17-18H,1H2/p+1/b4-3+,18-13?. The molecule has 0 saturated carbocycles.